The van der Waals surface area contributed by atoms with Gasteiger partial charge in [-0.3, -0.25) is 24.5 Å². The monoisotopic (exact) mass is 406 g/mol. The van der Waals surface area contributed by atoms with Gasteiger partial charge in [0.05, 0.1) is 19.2 Å². The molecule has 1 amide bonds. The summed E-state index contributed by atoms with van der Waals surface area (Å²) >= 11 is 0. The molecule has 1 aliphatic rings. The predicted octanol–water partition coefficient (Wildman–Crippen LogP) is 2.38. The highest BCUT2D eigenvalue weighted by atomic mass is 16.6. The van der Waals surface area contributed by atoms with Crippen molar-refractivity contribution in [1.82, 2.24) is 0 Å². The van der Waals surface area contributed by atoms with Gasteiger partial charge in [0.1, 0.15) is 11.5 Å². The number of benzene rings is 1. The van der Waals surface area contributed by atoms with E-state index in [9.17, 15) is 24.5 Å². The van der Waals surface area contributed by atoms with Crippen LogP contribution >= 0.6 is 0 Å². The number of nitro groups is 1. The molecule has 0 heterocycles. The smallest absolute Gasteiger partial charge is 0.307 e. The van der Waals surface area contributed by atoms with E-state index in [-0.39, 0.29) is 31.1 Å². The Hall–Kier alpha value is -2.97. The van der Waals surface area contributed by atoms with Crippen molar-refractivity contribution in [2.45, 2.75) is 39.7 Å². The van der Waals surface area contributed by atoms with Gasteiger partial charge in [0.25, 0.3) is 5.91 Å². The number of hydrogen-bond acceptors (Lipinski definition) is 7. The molecule has 0 aromatic heterocycles. The van der Waals surface area contributed by atoms with Crippen LogP contribution in [0.5, 0.6) is 5.75 Å². The maximum Gasteiger partial charge on any atom is 0.307 e. The highest BCUT2D eigenvalue weighted by Crippen LogP contribution is 2.36. The van der Waals surface area contributed by atoms with E-state index in [1.807, 2.05) is 13.0 Å². The SMILES string of the molecule is COc1ccc(C)cc1NC(=O)[C@H](C)OC(=O)C[C@H]1C(=O)C[C@@H](C)[C@H]1C[N+](=O)[O-]. The summed E-state index contributed by atoms with van der Waals surface area (Å²) in [4.78, 5) is 47.2. The molecule has 1 saturated carbocycles. The zero-order valence-electron chi connectivity index (χ0n) is 17.0. The minimum Gasteiger partial charge on any atom is -0.495 e. The van der Waals surface area contributed by atoms with E-state index in [0.29, 0.717) is 11.4 Å². The molecule has 0 saturated heterocycles. The summed E-state index contributed by atoms with van der Waals surface area (Å²) in [5, 5.41) is 13.5. The number of carbonyl (C=O) groups excluding carboxylic acids is 3. The summed E-state index contributed by atoms with van der Waals surface area (Å²) in [6.07, 6.45) is -1.16. The number of carbonyl (C=O) groups is 3. The highest BCUT2D eigenvalue weighted by molar-refractivity contribution is 5.96. The van der Waals surface area contributed by atoms with Crippen LogP contribution in [-0.4, -0.2) is 42.3 Å². The molecular weight excluding hydrogens is 380 g/mol. The van der Waals surface area contributed by atoms with E-state index in [2.05, 4.69) is 5.32 Å². The molecule has 2 rings (SSSR count). The van der Waals surface area contributed by atoms with E-state index < -0.39 is 34.7 Å². The Kier molecular flexibility index (Phi) is 7.30. The summed E-state index contributed by atoms with van der Waals surface area (Å²) < 4.78 is 10.4. The van der Waals surface area contributed by atoms with Crippen LogP contribution in [0, 0.1) is 34.8 Å². The fraction of sp³-hybridized carbons (Fsp3) is 0.550. The van der Waals surface area contributed by atoms with Crippen LogP contribution in [0.4, 0.5) is 5.69 Å². The first-order valence-electron chi connectivity index (χ1n) is 9.41. The van der Waals surface area contributed by atoms with Crippen LogP contribution in [0.2, 0.25) is 0 Å². The largest absolute Gasteiger partial charge is 0.495 e. The Morgan fingerprint density at radius 3 is 2.69 bits per heavy atom. The van der Waals surface area contributed by atoms with Gasteiger partial charge in [-0.2, -0.15) is 0 Å². The molecule has 0 aliphatic heterocycles. The highest BCUT2D eigenvalue weighted by Gasteiger charge is 2.44. The summed E-state index contributed by atoms with van der Waals surface area (Å²) in [5.41, 5.74) is 1.36. The van der Waals surface area contributed by atoms with E-state index in [1.54, 1.807) is 19.1 Å². The summed E-state index contributed by atoms with van der Waals surface area (Å²) in [5.74, 6) is -2.42. The van der Waals surface area contributed by atoms with Crippen LogP contribution in [0.15, 0.2) is 18.2 Å². The van der Waals surface area contributed by atoms with Crippen molar-refractivity contribution in [2.24, 2.45) is 17.8 Å². The Balaban J connectivity index is 1.97. The molecule has 1 aromatic carbocycles. The first-order valence-corrected chi connectivity index (χ1v) is 9.41. The van der Waals surface area contributed by atoms with Gasteiger partial charge < -0.3 is 14.8 Å². The third kappa shape index (κ3) is 5.75. The molecule has 1 fully saturated rings. The quantitative estimate of drug-likeness (QED) is 0.399. The number of rotatable bonds is 8. The fourth-order valence-electron chi connectivity index (χ4n) is 3.63. The number of methoxy groups -OCH3 is 1. The number of ketones is 1. The average molecular weight is 406 g/mol. The summed E-state index contributed by atoms with van der Waals surface area (Å²) in [7, 11) is 1.48. The normalized spacial score (nSPS) is 22.1. The molecule has 158 valence electrons. The van der Waals surface area contributed by atoms with Gasteiger partial charge in [0.2, 0.25) is 6.54 Å². The van der Waals surface area contributed by atoms with E-state index in [1.165, 1.54) is 14.0 Å². The van der Waals surface area contributed by atoms with Gasteiger partial charge >= 0.3 is 5.97 Å². The van der Waals surface area contributed by atoms with E-state index >= 15 is 0 Å². The zero-order chi connectivity index (χ0) is 21.7. The third-order valence-electron chi connectivity index (χ3n) is 5.22. The third-order valence-corrected chi connectivity index (χ3v) is 5.22. The van der Waals surface area contributed by atoms with Gasteiger partial charge in [-0.05, 0) is 37.5 Å². The number of nitrogens with one attached hydrogen (secondary N) is 1. The molecule has 1 aliphatic carbocycles. The van der Waals surface area contributed by atoms with Crippen molar-refractivity contribution < 1.29 is 28.8 Å². The lowest BCUT2D eigenvalue weighted by atomic mass is 9.88. The minimum absolute atomic E-state index is 0.166. The topological polar surface area (TPSA) is 125 Å². The van der Waals surface area contributed by atoms with Gasteiger partial charge in [0, 0.05) is 23.2 Å². The van der Waals surface area contributed by atoms with Crippen molar-refractivity contribution in [1.29, 1.82) is 0 Å². The second kappa shape index (κ2) is 9.49. The van der Waals surface area contributed by atoms with Crippen LogP contribution in [0.3, 0.4) is 0 Å². The predicted molar refractivity (Wildman–Crippen MR) is 104 cm³/mol. The number of ether oxygens (including phenoxy) is 2. The number of anilines is 1. The molecule has 29 heavy (non-hydrogen) atoms. The van der Waals surface area contributed by atoms with Crippen molar-refractivity contribution in [3.8, 4) is 5.75 Å². The van der Waals surface area contributed by atoms with Gasteiger partial charge in [0.15, 0.2) is 6.10 Å². The van der Waals surface area contributed by atoms with Crippen LogP contribution in [0.1, 0.15) is 32.3 Å². The second-order valence-electron chi connectivity index (χ2n) is 7.46. The lowest BCUT2D eigenvalue weighted by Gasteiger charge is -2.19. The number of hydrogen-bond donors (Lipinski definition) is 1. The molecule has 0 bridgehead atoms. The molecule has 0 unspecified atom stereocenters. The summed E-state index contributed by atoms with van der Waals surface area (Å²) in [6, 6.07) is 5.27. The molecule has 0 spiro atoms. The molecule has 1 N–H and O–H groups in total. The van der Waals surface area contributed by atoms with Gasteiger partial charge in [-0.1, -0.05) is 13.0 Å². The Morgan fingerprint density at radius 1 is 1.38 bits per heavy atom. The standard InChI is InChI=1S/C20H26N2O7/c1-11-5-6-18(28-4)16(7-11)21-20(25)13(3)29-19(24)9-14-15(10-22(26)27)12(2)8-17(14)23/h5-7,12-15H,8-10H2,1-4H3,(H,21,25)/t12-,13+,14-,15-/m1/s1. The molecule has 1 aromatic rings. The average Bonchev–Trinajstić information content (AvgIpc) is 2.88. The first-order chi connectivity index (χ1) is 13.6. The molecule has 0 radical (unpaired) electrons. The van der Waals surface area contributed by atoms with Crippen LogP contribution in [0.25, 0.3) is 0 Å². The van der Waals surface area contributed by atoms with Crippen molar-refractivity contribution in [2.75, 3.05) is 19.0 Å². The Labute approximate surface area is 168 Å². The summed E-state index contributed by atoms with van der Waals surface area (Å²) in [6.45, 7) is 4.68. The fourth-order valence-corrected chi connectivity index (χ4v) is 3.63. The minimum atomic E-state index is -1.10. The lowest BCUT2D eigenvalue weighted by Crippen LogP contribution is -2.32. The molecule has 4 atom stereocenters. The van der Waals surface area contributed by atoms with Crippen molar-refractivity contribution >= 4 is 23.3 Å². The van der Waals surface area contributed by atoms with Crippen LogP contribution in [-0.2, 0) is 19.1 Å². The number of amides is 1. The molecular formula is C20H26N2O7. The molecule has 9 heteroatoms. The first kappa shape index (κ1) is 22.3. The van der Waals surface area contributed by atoms with Crippen LogP contribution < -0.4 is 10.1 Å². The number of nitrogens with zero attached hydrogens (tertiary/aromatic N) is 1. The maximum atomic E-state index is 12.4. The van der Waals surface area contributed by atoms with Gasteiger partial charge in [-0.25, -0.2) is 0 Å². The zero-order valence-corrected chi connectivity index (χ0v) is 17.0. The van der Waals surface area contributed by atoms with Crippen molar-refractivity contribution in [3.63, 3.8) is 0 Å². The number of esters is 1. The van der Waals surface area contributed by atoms with E-state index in [0.717, 1.165) is 5.56 Å². The van der Waals surface area contributed by atoms with Gasteiger partial charge in [-0.15, -0.1) is 0 Å². The molecule has 9 nitrogen and oxygen atoms in total. The van der Waals surface area contributed by atoms with Crippen molar-refractivity contribution in [3.05, 3.63) is 33.9 Å². The number of aryl methyl sites for hydroxylation is 1. The number of Topliss-reactive ketones (excluding diaryl/α,β-unsaturated/α-hetero) is 1. The second-order valence-corrected chi connectivity index (χ2v) is 7.46. The Bertz CT molecular complexity index is 808. The maximum absolute atomic E-state index is 12.4. The Morgan fingerprint density at radius 2 is 2.07 bits per heavy atom. The van der Waals surface area contributed by atoms with E-state index in [4.69, 9.17) is 9.47 Å². The lowest BCUT2D eigenvalue weighted by molar-refractivity contribution is -0.490.